The predicted molar refractivity (Wildman–Crippen MR) is 69.9 cm³/mol. The van der Waals surface area contributed by atoms with Gasteiger partial charge in [0.2, 0.25) is 5.89 Å². The molecule has 0 fully saturated rings. The van der Waals surface area contributed by atoms with Gasteiger partial charge >= 0.3 is 5.97 Å². The van der Waals surface area contributed by atoms with Gasteiger partial charge < -0.3 is 9.52 Å². The van der Waals surface area contributed by atoms with Crippen LogP contribution in [0.4, 0.5) is 4.39 Å². The molecular weight excluding hydrogens is 277 g/mol. The maximum atomic E-state index is 12.8. The van der Waals surface area contributed by atoms with E-state index in [9.17, 15) is 9.18 Å². The van der Waals surface area contributed by atoms with E-state index in [0.717, 1.165) is 6.20 Å². The molecule has 104 valence electrons. The van der Waals surface area contributed by atoms with Crippen LogP contribution in [0.25, 0.3) is 23.0 Å². The van der Waals surface area contributed by atoms with E-state index >= 15 is 0 Å². The largest absolute Gasteiger partial charge is 0.478 e. The quantitative estimate of drug-likeness (QED) is 0.795. The standard InChI is InChI=1S/C14H8FN3O3/c15-8-5-6-11(16-7-8)13-18-17-12(21-13)9-3-1-2-4-10(9)14(19)20/h1-7H,(H,19,20). The van der Waals surface area contributed by atoms with Crippen molar-refractivity contribution < 1.29 is 18.7 Å². The van der Waals surface area contributed by atoms with Crippen molar-refractivity contribution in [2.75, 3.05) is 0 Å². The number of hydrogen-bond acceptors (Lipinski definition) is 5. The number of pyridine rings is 1. The fraction of sp³-hybridized carbons (Fsp3) is 0. The molecule has 1 N–H and O–H groups in total. The molecule has 0 unspecified atom stereocenters. The average molecular weight is 285 g/mol. The Morgan fingerprint density at radius 3 is 2.57 bits per heavy atom. The van der Waals surface area contributed by atoms with Gasteiger partial charge in [0, 0.05) is 0 Å². The van der Waals surface area contributed by atoms with Gasteiger partial charge in [0.25, 0.3) is 5.89 Å². The summed E-state index contributed by atoms with van der Waals surface area (Å²) in [6.45, 7) is 0. The summed E-state index contributed by atoms with van der Waals surface area (Å²) in [6, 6.07) is 8.90. The lowest BCUT2D eigenvalue weighted by Gasteiger charge is -2.00. The van der Waals surface area contributed by atoms with Crippen LogP contribution >= 0.6 is 0 Å². The van der Waals surface area contributed by atoms with Crippen LogP contribution in [-0.4, -0.2) is 26.3 Å². The van der Waals surface area contributed by atoms with E-state index in [0.29, 0.717) is 11.3 Å². The molecule has 0 aliphatic carbocycles. The van der Waals surface area contributed by atoms with E-state index in [1.165, 1.54) is 18.2 Å². The normalized spacial score (nSPS) is 10.5. The summed E-state index contributed by atoms with van der Waals surface area (Å²) >= 11 is 0. The van der Waals surface area contributed by atoms with Crippen molar-refractivity contribution in [1.29, 1.82) is 0 Å². The average Bonchev–Trinajstić information content (AvgIpc) is 2.97. The number of carboxylic acids is 1. The second-order valence-electron chi connectivity index (χ2n) is 4.12. The van der Waals surface area contributed by atoms with E-state index in [1.54, 1.807) is 18.2 Å². The second kappa shape index (κ2) is 5.12. The van der Waals surface area contributed by atoms with Crippen molar-refractivity contribution in [2.24, 2.45) is 0 Å². The second-order valence-corrected chi connectivity index (χ2v) is 4.12. The molecule has 0 saturated carbocycles. The van der Waals surface area contributed by atoms with Crippen molar-refractivity contribution in [3.8, 4) is 23.0 Å². The molecular formula is C14H8FN3O3. The van der Waals surface area contributed by atoms with Gasteiger partial charge in [-0.1, -0.05) is 12.1 Å². The summed E-state index contributed by atoms with van der Waals surface area (Å²) in [7, 11) is 0. The SMILES string of the molecule is O=C(O)c1ccccc1-c1nnc(-c2ccc(F)cn2)o1. The van der Waals surface area contributed by atoms with Crippen LogP contribution in [0, 0.1) is 5.82 Å². The van der Waals surface area contributed by atoms with Gasteiger partial charge in [-0.15, -0.1) is 10.2 Å². The Morgan fingerprint density at radius 2 is 1.86 bits per heavy atom. The third-order valence-electron chi connectivity index (χ3n) is 2.76. The zero-order valence-electron chi connectivity index (χ0n) is 10.5. The van der Waals surface area contributed by atoms with Crippen LogP contribution < -0.4 is 0 Å². The molecule has 21 heavy (non-hydrogen) atoms. The van der Waals surface area contributed by atoms with Gasteiger partial charge in [0.15, 0.2) is 0 Å². The summed E-state index contributed by atoms with van der Waals surface area (Å²) in [5.74, 6) is -1.42. The van der Waals surface area contributed by atoms with Crippen molar-refractivity contribution >= 4 is 5.97 Å². The Labute approximate surface area is 117 Å². The highest BCUT2D eigenvalue weighted by atomic mass is 19.1. The number of rotatable bonds is 3. The first-order chi connectivity index (χ1) is 10.1. The van der Waals surface area contributed by atoms with Crippen LogP contribution in [-0.2, 0) is 0 Å². The lowest BCUT2D eigenvalue weighted by molar-refractivity contribution is 0.0697. The molecule has 0 atom stereocenters. The van der Waals surface area contributed by atoms with Crippen LogP contribution in [0.3, 0.4) is 0 Å². The zero-order chi connectivity index (χ0) is 14.8. The molecule has 2 heterocycles. The highest BCUT2D eigenvalue weighted by Gasteiger charge is 2.17. The number of aromatic carboxylic acids is 1. The molecule has 0 saturated heterocycles. The number of benzene rings is 1. The molecule has 2 aromatic heterocycles. The Morgan fingerprint density at radius 1 is 1.10 bits per heavy atom. The van der Waals surface area contributed by atoms with E-state index < -0.39 is 11.8 Å². The van der Waals surface area contributed by atoms with E-state index in [-0.39, 0.29) is 17.3 Å². The molecule has 6 nitrogen and oxygen atoms in total. The predicted octanol–water partition coefficient (Wildman–Crippen LogP) is 2.64. The number of carbonyl (C=O) groups is 1. The van der Waals surface area contributed by atoms with Crippen molar-refractivity contribution in [2.45, 2.75) is 0 Å². The first-order valence-electron chi connectivity index (χ1n) is 5.93. The third kappa shape index (κ3) is 2.48. The highest BCUT2D eigenvalue weighted by molar-refractivity contribution is 5.94. The molecule has 0 radical (unpaired) electrons. The topological polar surface area (TPSA) is 89.1 Å². The molecule has 0 aliphatic heterocycles. The van der Waals surface area contributed by atoms with E-state index in [2.05, 4.69) is 15.2 Å². The minimum atomic E-state index is -1.09. The number of hydrogen-bond donors (Lipinski definition) is 1. The molecule has 0 aliphatic rings. The van der Waals surface area contributed by atoms with Gasteiger partial charge in [-0.05, 0) is 24.3 Å². The monoisotopic (exact) mass is 285 g/mol. The Balaban J connectivity index is 2.03. The van der Waals surface area contributed by atoms with Crippen molar-refractivity contribution in [3.63, 3.8) is 0 Å². The number of aromatic nitrogens is 3. The first kappa shape index (κ1) is 12.9. The van der Waals surface area contributed by atoms with Crippen LogP contribution in [0.5, 0.6) is 0 Å². The third-order valence-corrected chi connectivity index (χ3v) is 2.76. The first-order valence-corrected chi connectivity index (χ1v) is 5.93. The molecule has 0 bridgehead atoms. The minimum absolute atomic E-state index is 0.0553. The summed E-state index contributed by atoms with van der Waals surface area (Å²) in [6.07, 6.45) is 1.03. The Bertz CT molecular complexity index is 799. The summed E-state index contributed by atoms with van der Waals surface area (Å²) in [4.78, 5) is 15.0. The van der Waals surface area contributed by atoms with Crippen molar-refractivity contribution in [3.05, 3.63) is 54.0 Å². The van der Waals surface area contributed by atoms with Crippen LogP contribution in [0.1, 0.15) is 10.4 Å². The fourth-order valence-corrected chi connectivity index (χ4v) is 1.79. The molecule has 0 spiro atoms. The number of carboxylic acid groups (broad SMARTS) is 1. The molecule has 1 aromatic carbocycles. The summed E-state index contributed by atoms with van der Waals surface area (Å²) in [5.41, 5.74) is 0.675. The van der Waals surface area contributed by atoms with Gasteiger partial charge in [-0.3, -0.25) is 0 Å². The molecule has 3 aromatic rings. The summed E-state index contributed by atoms with van der Waals surface area (Å²) in [5, 5.41) is 16.8. The molecule has 3 rings (SSSR count). The molecule has 7 heteroatoms. The van der Waals surface area contributed by atoms with E-state index in [4.69, 9.17) is 9.52 Å². The fourth-order valence-electron chi connectivity index (χ4n) is 1.79. The Kier molecular flexibility index (Phi) is 3.15. The summed E-state index contributed by atoms with van der Waals surface area (Å²) < 4.78 is 18.2. The molecule has 0 amide bonds. The lowest BCUT2D eigenvalue weighted by atomic mass is 10.1. The van der Waals surface area contributed by atoms with Gasteiger partial charge in [0.1, 0.15) is 11.5 Å². The zero-order valence-corrected chi connectivity index (χ0v) is 10.5. The highest BCUT2D eigenvalue weighted by Crippen LogP contribution is 2.25. The van der Waals surface area contributed by atoms with Crippen LogP contribution in [0.15, 0.2) is 47.0 Å². The van der Waals surface area contributed by atoms with E-state index in [1.807, 2.05) is 0 Å². The van der Waals surface area contributed by atoms with Crippen molar-refractivity contribution in [1.82, 2.24) is 15.2 Å². The Hall–Kier alpha value is -3.09. The number of nitrogens with zero attached hydrogens (tertiary/aromatic N) is 3. The van der Waals surface area contributed by atoms with Gasteiger partial charge in [-0.25, -0.2) is 14.2 Å². The smallest absolute Gasteiger partial charge is 0.336 e. The maximum absolute atomic E-state index is 12.8. The lowest BCUT2D eigenvalue weighted by Crippen LogP contribution is -1.98. The van der Waals surface area contributed by atoms with Gasteiger partial charge in [0.05, 0.1) is 17.3 Å². The van der Waals surface area contributed by atoms with Crippen LogP contribution in [0.2, 0.25) is 0 Å². The maximum Gasteiger partial charge on any atom is 0.336 e. The number of halogens is 1. The van der Waals surface area contributed by atoms with Gasteiger partial charge in [-0.2, -0.15) is 0 Å². The minimum Gasteiger partial charge on any atom is -0.478 e.